The highest BCUT2D eigenvalue weighted by atomic mass is 35.5. The fourth-order valence-corrected chi connectivity index (χ4v) is 2.72. The fourth-order valence-electron chi connectivity index (χ4n) is 2.53. The van der Waals surface area contributed by atoms with Crippen LogP contribution in [0.15, 0.2) is 18.2 Å². The first-order chi connectivity index (χ1) is 9.71. The zero-order valence-corrected chi connectivity index (χ0v) is 13.8. The van der Waals surface area contributed by atoms with Crippen LogP contribution in [0.1, 0.15) is 51.5 Å². The van der Waals surface area contributed by atoms with Crippen molar-refractivity contribution >= 4 is 11.6 Å². The number of halogens is 1. The number of nitrogens with one attached hydrogen (secondary N) is 1. The Labute approximate surface area is 128 Å². The van der Waals surface area contributed by atoms with E-state index in [9.17, 15) is 0 Å². The van der Waals surface area contributed by atoms with Crippen LogP contribution in [0, 0.1) is 0 Å². The van der Waals surface area contributed by atoms with Crippen LogP contribution < -0.4 is 10.1 Å². The average Bonchev–Trinajstić information content (AvgIpc) is 2.45. The van der Waals surface area contributed by atoms with Crippen LogP contribution in [0.5, 0.6) is 5.75 Å². The van der Waals surface area contributed by atoms with Crippen molar-refractivity contribution in [3.63, 3.8) is 0 Å². The summed E-state index contributed by atoms with van der Waals surface area (Å²) >= 11 is 6.07. The van der Waals surface area contributed by atoms with E-state index >= 15 is 0 Å². The molecule has 0 spiro atoms. The molecule has 0 fully saturated rings. The van der Waals surface area contributed by atoms with Gasteiger partial charge in [-0.15, -0.1) is 0 Å². The van der Waals surface area contributed by atoms with Crippen molar-refractivity contribution in [2.24, 2.45) is 0 Å². The molecule has 0 aliphatic heterocycles. The summed E-state index contributed by atoms with van der Waals surface area (Å²) in [5.74, 6) is 0.947. The molecule has 1 N–H and O–H groups in total. The molecule has 1 aromatic rings. The van der Waals surface area contributed by atoms with E-state index < -0.39 is 0 Å². The van der Waals surface area contributed by atoms with Gasteiger partial charge < -0.3 is 10.1 Å². The van der Waals surface area contributed by atoms with Crippen molar-refractivity contribution in [3.8, 4) is 5.75 Å². The summed E-state index contributed by atoms with van der Waals surface area (Å²) in [6.45, 7) is 5.58. The van der Waals surface area contributed by atoms with Gasteiger partial charge in [-0.1, -0.05) is 31.9 Å². The molecule has 0 radical (unpaired) electrons. The third-order valence-electron chi connectivity index (χ3n) is 3.56. The quantitative estimate of drug-likeness (QED) is 0.667. The van der Waals surface area contributed by atoms with Gasteiger partial charge in [-0.2, -0.15) is 0 Å². The lowest BCUT2D eigenvalue weighted by atomic mass is 10.0. The molecule has 1 atom stereocenters. The number of rotatable bonds is 10. The van der Waals surface area contributed by atoms with E-state index in [1.165, 1.54) is 31.2 Å². The minimum atomic E-state index is 0.644. The van der Waals surface area contributed by atoms with Crippen LogP contribution in [-0.4, -0.2) is 19.7 Å². The predicted molar refractivity (Wildman–Crippen MR) is 87.9 cm³/mol. The van der Waals surface area contributed by atoms with Crippen molar-refractivity contribution in [2.45, 2.75) is 58.4 Å². The van der Waals surface area contributed by atoms with E-state index in [1.807, 2.05) is 18.2 Å². The van der Waals surface area contributed by atoms with Gasteiger partial charge in [-0.05, 0) is 62.4 Å². The average molecular weight is 298 g/mol. The van der Waals surface area contributed by atoms with Gasteiger partial charge in [0.25, 0.3) is 0 Å². The number of hydrogen-bond donors (Lipinski definition) is 1. The van der Waals surface area contributed by atoms with E-state index in [-0.39, 0.29) is 0 Å². The molecular weight excluding hydrogens is 270 g/mol. The van der Waals surface area contributed by atoms with Crippen molar-refractivity contribution in [1.82, 2.24) is 5.32 Å². The molecule has 0 aliphatic rings. The van der Waals surface area contributed by atoms with Crippen LogP contribution in [0.3, 0.4) is 0 Å². The lowest BCUT2D eigenvalue weighted by Gasteiger charge is -2.18. The number of aryl methyl sites for hydroxylation is 1. The Balaban J connectivity index is 2.47. The molecule has 0 saturated heterocycles. The molecule has 0 heterocycles. The molecule has 114 valence electrons. The Hall–Kier alpha value is -0.730. The minimum Gasteiger partial charge on any atom is -0.496 e. The molecular formula is C17H28ClNO. The smallest absolute Gasteiger partial charge is 0.122 e. The van der Waals surface area contributed by atoms with Crippen LogP contribution in [-0.2, 0) is 6.42 Å². The molecule has 0 aromatic heterocycles. The van der Waals surface area contributed by atoms with Gasteiger partial charge >= 0.3 is 0 Å². The zero-order chi connectivity index (χ0) is 14.8. The molecule has 0 amide bonds. The Morgan fingerprint density at radius 3 is 2.65 bits per heavy atom. The molecule has 0 saturated carbocycles. The Morgan fingerprint density at radius 1 is 1.20 bits per heavy atom. The number of methoxy groups -OCH3 is 1. The summed E-state index contributed by atoms with van der Waals surface area (Å²) in [7, 11) is 1.72. The number of hydrogen-bond acceptors (Lipinski definition) is 2. The molecule has 3 heteroatoms. The highest BCUT2D eigenvalue weighted by Gasteiger charge is 2.08. The molecule has 0 bridgehead atoms. The SMILES string of the molecule is CCCNC(CCC)CCCc1cc(Cl)ccc1OC. The van der Waals surface area contributed by atoms with Gasteiger partial charge in [0.05, 0.1) is 7.11 Å². The van der Waals surface area contributed by atoms with E-state index in [1.54, 1.807) is 7.11 Å². The lowest BCUT2D eigenvalue weighted by Crippen LogP contribution is -2.29. The molecule has 2 nitrogen and oxygen atoms in total. The summed E-state index contributed by atoms with van der Waals surface area (Å²) < 4.78 is 5.40. The molecule has 0 aliphatic carbocycles. The monoisotopic (exact) mass is 297 g/mol. The third-order valence-corrected chi connectivity index (χ3v) is 3.80. The minimum absolute atomic E-state index is 0.644. The maximum absolute atomic E-state index is 6.07. The first-order valence-corrected chi connectivity index (χ1v) is 8.14. The second-order valence-electron chi connectivity index (χ2n) is 5.29. The van der Waals surface area contributed by atoms with Crippen LogP contribution >= 0.6 is 11.6 Å². The van der Waals surface area contributed by atoms with E-state index in [0.29, 0.717) is 6.04 Å². The van der Waals surface area contributed by atoms with Crippen molar-refractivity contribution in [1.29, 1.82) is 0 Å². The Bertz CT molecular complexity index is 381. The maximum atomic E-state index is 6.07. The van der Waals surface area contributed by atoms with Crippen LogP contribution in [0.2, 0.25) is 5.02 Å². The second kappa shape index (κ2) is 10.1. The van der Waals surface area contributed by atoms with Gasteiger partial charge in [0.2, 0.25) is 0 Å². The second-order valence-corrected chi connectivity index (χ2v) is 5.72. The summed E-state index contributed by atoms with van der Waals surface area (Å²) in [4.78, 5) is 0. The first kappa shape index (κ1) is 17.3. The van der Waals surface area contributed by atoms with Gasteiger partial charge in [-0.3, -0.25) is 0 Å². The largest absolute Gasteiger partial charge is 0.496 e. The predicted octanol–water partition coefficient (Wildman–Crippen LogP) is 4.84. The highest BCUT2D eigenvalue weighted by Crippen LogP contribution is 2.24. The third kappa shape index (κ3) is 6.15. The number of benzene rings is 1. The molecule has 20 heavy (non-hydrogen) atoms. The van der Waals surface area contributed by atoms with E-state index in [0.717, 1.165) is 30.2 Å². The highest BCUT2D eigenvalue weighted by molar-refractivity contribution is 6.30. The first-order valence-electron chi connectivity index (χ1n) is 7.77. The van der Waals surface area contributed by atoms with Gasteiger partial charge in [0.1, 0.15) is 5.75 Å². The normalized spacial score (nSPS) is 12.4. The zero-order valence-electron chi connectivity index (χ0n) is 13.0. The van der Waals surface area contributed by atoms with E-state index in [4.69, 9.17) is 16.3 Å². The summed E-state index contributed by atoms with van der Waals surface area (Å²) in [5, 5.41) is 4.43. The summed E-state index contributed by atoms with van der Waals surface area (Å²) in [6, 6.07) is 6.50. The van der Waals surface area contributed by atoms with Crippen LogP contribution in [0.25, 0.3) is 0 Å². The van der Waals surface area contributed by atoms with Gasteiger partial charge in [0, 0.05) is 11.1 Å². The van der Waals surface area contributed by atoms with Crippen molar-refractivity contribution < 1.29 is 4.74 Å². The van der Waals surface area contributed by atoms with Crippen molar-refractivity contribution in [3.05, 3.63) is 28.8 Å². The molecule has 1 rings (SSSR count). The maximum Gasteiger partial charge on any atom is 0.122 e. The number of ether oxygens (including phenoxy) is 1. The Morgan fingerprint density at radius 2 is 2.00 bits per heavy atom. The van der Waals surface area contributed by atoms with Crippen LogP contribution in [0.4, 0.5) is 0 Å². The van der Waals surface area contributed by atoms with E-state index in [2.05, 4.69) is 19.2 Å². The molecule has 1 aromatic carbocycles. The summed E-state index contributed by atoms with van der Waals surface area (Å²) in [6.07, 6.45) is 7.09. The topological polar surface area (TPSA) is 21.3 Å². The Kier molecular flexibility index (Phi) is 8.72. The standard InChI is InChI=1S/C17H28ClNO/c1-4-7-16(19-12-5-2)9-6-8-14-13-15(18)10-11-17(14)20-3/h10-11,13,16,19H,4-9,12H2,1-3H3. The van der Waals surface area contributed by atoms with Gasteiger partial charge in [-0.25, -0.2) is 0 Å². The van der Waals surface area contributed by atoms with Gasteiger partial charge in [0.15, 0.2) is 0 Å². The van der Waals surface area contributed by atoms with Crippen molar-refractivity contribution in [2.75, 3.05) is 13.7 Å². The fraction of sp³-hybridized carbons (Fsp3) is 0.647. The summed E-state index contributed by atoms with van der Waals surface area (Å²) in [5.41, 5.74) is 1.21. The lowest BCUT2D eigenvalue weighted by molar-refractivity contribution is 0.405. The molecule has 1 unspecified atom stereocenters.